The Morgan fingerprint density at radius 3 is 2.03 bits per heavy atom. The van der Waals surface area contributed by atoms with E-state index in [1.165, 1.54) is 30.3 Å². The Morgan fingerprint density at radius 2 is 1.41 bits per heavy atom. The minimum atomic E-state index is -0.736. The Kier molecular flexibility index (Phi) is 5.78. The molecule has 2 amide bonds. The average Bonchev–Trinajstić information content (AvgIpc) is 2.72. The van der Waals surface area contributed by atoms with Crippen LogP contribution in [-0.2, 0) is 0 Å². The number of hydrogen-bond donors (Lipinski definition) is 5. The fourth-order valence-corrected chi connectivity index (χ4v) is 2.21. The molecular weight excluding hydrogens is 384 g/mol. The lowest BCUT2D eigenvalue weighted by Crippen LogP contribution is -2.32. The van der Waals surface area contributed by atoms with Crippen LogP contribution in [0.4, 0.5) is 26.1 Å². The van der Waals surface area contributed by atoms with E-state index in [0.717, 1.165) is 24.5 Å². The predicted molar refractivity (Wildman–Crippen MR) is 101 cm³/mol. The van der Waals surface area contributed by atoms with E-state index < -0.39 is 23.4 Å². The molecule has 6 N–H and O–H groups in total. The third-order valence-electron chi connectivity index (χ3n) is 3.70. The second kappa shape index (κ2) is 8.61. The highest BCUT2D eigenvalue weighted by atomic mass is 19.1. The summed E-state index contributed by atoms with van der Waals surface area (Å²) in [4.78, 5) is 31.8. The van der Waals surface area contributed by atoms with Crippen molar-refractivity contribution in [2.45, 2.75) is 0 Å². The fraction of sp³-hybridized carbons (Fsp3) is 0. The SMILES string of the molecule is Nc1c(NNC(=O)c2ccc(F)cc2)ncnc1NNC(=O)c1ccccc1F. The van der Waals surface area contributed by atoms with Gasteiger partial charge in [0.05, 0.1) is 5.56 Å². The van der Waals surface area contributed by atoms with Crippen molar-refractivity contribution in [2.75, 3.05) is 16.6 Å². The monoisotopic (exact) mass is 399 g/mol. The van der Waals surface area contributed by atoms with E-state index in [1.807, 2.05) is 0 Å². The number of nitrogens with zero attached hydrogens (tertiary/aromatic N) is 2. The van der Waals surface area contributed by atoms with Gasteiger partial charge in [0.15, 0.2) is 11.6 Å². The van der Waals surface area contributed by atoms with Crippen LogP contribution in [0.15, 0.2) is 54.9 Å². The minimum absolute atomic E-state index is 0.0169. The number of anilines is 3. The Hall–Kier alpha value is -4.28. The van der Waals surface area contributed by atoms with Crippen LogP contribution in [0.3, 0.4) is 0 Å². The maximum atomic E-state index is 13.6. The lowest BCUT2D eigenvalue weighted by Gasteiger charge is -2.13. The lowest BCUT2D eigenvalue weighted by atomic mass is 10.2. The Labute approximate surface area is 163 Å². The third kappa shape index (κ3) is 4.71. The number of benzene rings is 2. The maximum Gasteiger partial charge on any atom is 0.272 e. The first-order chi connectivity index (χ1) is 14.0. The Bertz CT molecular complexity index is 1040. The molecule has 2 aromatic carbocycles. The van der Waals surface area contributed by atoms with E-state index >= 15 is 0 Å². The molecule has 0 atom stereocenters. The zero-order valence-electron chi connectivity index (χ0n) is 14.7. The van der Waals surface area contributed by atoms with E-state index in [1.54, 1.807) is 0 Å². The molecule has 29 heavy (non-hydrogen) atoms. The Balaban J connectivity index is 1.63. The van der Waals surface area contributed by atoms with Crippen LogP contribution in [-0.4, -0.2) is 21.8 Å². The normalized spacial score (nSPS) is 10.1. The summed E-state index contributed by atoms with van der Waals surface area (Å²) < 4.78 is 26.6. The third-order valence-corrected chi connectivity index (χ3v) is 3.70. The van der Waals surface area contributed by atoms with E-state index in [4.69, 9.17) is 5.73 Å². The lowest BCUT2D eigenvalue weighted by molar-refractivity contribution is 0.0952. The molecule has 9 nitrogen and oxygen atoms in total. The van der Waals surface area contributed by atoms with Crippen molar-refractivity contribution in [3.63, 3.8) is 0 Å². The van der Waals surface area contributed by atoms with Crippen LogP contribution >= 0.6 is 0 Å². The second-order valence-corrected chi connectivity index (χ2v) is 5.63. The molecule has 0 aliphatic rings. The highest BCUT2D eigenvalue weighted by Crippen LogP contribution is 2.21. The van der Waals surface area contributed by atoms with Gasteiger partial charge in [0.1, 0.15) is 23.6 Å². The van der Waals surface area contributed by atoms with Crippen molar-refractivity contribution in [3.05, 3.63) is 77.6 Å². The summed E-state index contributed by atoms with van der Waals surface area (Å²) in [5, 5.41) is 0. The summed E-state index contributed by atoms with van der Waals surface area (Å²) in [5.41, 5.74) is 15.5. The molecule has 0 fully saturated rings. The van der Waals surface area contributed by atoms with Gasteiger partial charge in [-0.2, -0.15) is 0 Å². The van der Waals surface area contributed by atoms with Crippen molar-refractivity contribution >= 4 is 29.1 Å². The average molecular weight is 399 g/mol. The van der Waals surface area contributed by atoms with Crippen LogP contribution < -0.4 is 27.4 Å². The van der Waals surface area contributed by atoms with E-state index in [-0.39, 0.29) is 28.5 Å². The number of hydrogen-bond acceptors (Lipinski definition) is 7. The van der Waals surface area contributed by atoms with Crippen molar-refractivity contribution in [3.8, 4) is 0 Å². The van der Waals surface area contributed by atoms with E-state index in [0.29, 0.717) is 0 Å². The van der Waals surface area contributed by atoms with E-state index in [2.05, 4.69) is 31.7 Å². The van der Waals surface area contributed by atoms with Crippen molar-refractivity contribution < 1.29 is 18.4 Å². The number of nitrogens with one attached hydrogen (secondary N) is 4. The van der Waals surface area contributed by atoms with Gasteiger partial charge in [0.2, 0.25) is 0 Å². The highest BCUT2D eigenvalue weighted by molar-refractivity contribution is 5.96. The summed E-state index contributed by atoms with van der Waals surface area (Å²) in [6, 6.07) is 10.3. The minimum Gasteiger partial charge on any atom is -0.393 e. The molecule has 3 aromatic rings. The maximum absolute atomic E-state index is 13.6. The summed E-state index contributed by atoms with van der Waals surface area (Å²) in [5.74, 6) is -2.39. The van der Waals surface area contributed by atoms with Gasteiger partial charge in [-0.25, -0.2) is 18.7 Å². The first-order valence-corrected chi connectivity index (χ1v) is 8.19. The highest BCUT2D eigenvalue weighted by Gasteiger charge is 2.13. The second-order valence-electron chi connectivity index (χ2n) is 5.63. The molecule has 0 unspecified atom stereocenters. The molecule has 1 aromatic heterocycles. The summed E-state index contributed by atoms with van der Waals surface area (Å²) in [7, 11) is 0. The van der Waals surface area contributed by atoms with Crippen LogP contribution in [0, 0.1) is 11.6 Å². The van der Waals surface area contributed by atoms with Gasteiger partial charge in [-0.05, 0) is 36.4 Å². The fourth-order valence-electron chi connectivity index (χ4n) is 2.21. The van der Waals surface area contributed by atoms with Gasteiger partial charge in [0, 0.05) is 5.56 Å². The molecule has 0 saturated carbocycles. The molecule has 0 spiro atoms. The van der Waals surface area contributed by atoms with Gasteiger partial charge in [-0.1, -0.05) is 12.1 Å². The molecular formula is C18H15F2N7O2. The molecule has 0 radical (unpaired) electrons. The number of hydrazine groups is 2. The van der Waals surface area contributed by atoms with Gasteiger partial charge in [0.25, 0.3) is 11.8 Å². The summed E-state index contributed by atoms with van der Waals surface area (Å²) >= 11 is 0. The zero-order chi connectivity index (χ0) is 20.8. The number of rotatable bonds is 6. The van der Waals surface area contributed by atoms with Gasteiger partial charge in [-0.3, -0.25) is 31.3 Å². The largest absolute Gasteiger partial charge is 0.393 e. The predicted octanol–water partition coefficient (Wildman–Crippen LogP) is 1.85. The number of aromatic nitrogens is 2. The number of carbonyl (C=O) groups is 2. The van der Waals surface area contributed by atoms with Gasteiger partial charge < -0.3 is 5.73 Å². The van der Waals surface area contributed by atoms with Crippen molar-refractivity contribution in [1.82, 2.24) is 20.8 Å². The molecule has 0 saturated heterocycles. The number of halogens is 2. The summed E-state index contributed by atoms with van der Waals surface area (Å²) in [6.07, 6.45) is 1.13. The van der Waals surface area contributed by atoms with Crippen LogP contribution in [0.2, 0.25) is 0 Å². The number of carbonyl (C=O) groups excluding carboxylic acids is 2. The first-order valence-electron chi connectivity index (χ1n) is 8.19. The van der Waals surface area contributed by atoms with Crippen LogP contribution in [0.25, 0.3) is 0 Å². The van der Waals surface area contributed by atoms with Crippen LogP contribution in [0.5, 0.6) is 0 Å². The number of nitrogens with two attached hydrogens (primary N) is 1. The topological polar surface area (TPSA) is 134 Å². The molecule has 148 valence electrons. The number of amides is 2. The number of nitrogen functional groups attached to an aromatic ring is 1. The van der Waals surface area contributed by atoms with Crippen molar-refractivity contribution in [1.29, 1.82) is 0 Å². The smallest absolute Gasteiger partial charge is 0.272 e. The molecule has 1 heterocycles. The first kappa shape index (κ1) is 19.5. The summed E-state index contributed by atoms with van der Waals surface area (Å²) in [6.45, 7) is 0. The molecule has 0 aliphatic carbocycles. The van der Waals surface area contributed by atoms with E-state index in [9.17, 15) is 18.4 Å². The molecule has 3 rings (SSSR count). The molecule has 0 bridgehead atoms. The zero-order valence-corrected chi connectivity index (χ0v) is 14.7. The van der Waals surface area contributed by atoms with Gasteiger partial charge >= 0.3 is 0 Å². The molecule has 11 heteroatoms. The van der Waals surface area contributed by atoms with Crippen molar-refractivity contribution in [2.24, 2.45) is 0 Å². The quantitative estimate of drug-likeness (QED) is 0.399. The molecule has 0 aliphatic heterocycles. The standard InChI is InChI=1S/C18H15F2N7O2/c19-11-7-5-10(6-8-11)17(28)26-24-15-14(21)16(23-9-22-15)25-27-18(29)12-3-1-2-4-13(12)20/h1-9H,21H2,(H,26,28)(H,27,29)(H2,22,23,24,25). The van der Waals surface area contributed by atoms with Crippen LogP contribution in [0.1, 0.15) is 20.7 Å². The Morgan fingerprint density at radius 1 is 0.828 bits per heavy atom. The van der Waals surface area contributed by atoms with Gasteiger partial charge in [-0.15, -0.1) is 0 Å².